The highest BCUT2D eigenvalue weighted by Crippen LogP contribution is 2.30. The number of carbonyl (C=O) groups is 1. The third kappa shape index (κ3) is 3.24. The van der Waals surface area contributed by atoms with Gasteiger partial charge in [0.1, 0.15) is 0 Å². The molecule has 0 saturated heterocycles. The number of rotatable bonds is 6. The van der Waals surface area contributed by atoms with Gasteiger partial charge in [0.2, 0.25) is 0 Å². The van der Waals surface area contributed by atoms with Gasteiger partial charge in [-0.3, -0.25) is 9.79 Å². The van der Waals surface area contributed by atoms with Gasteiger partial charge in [0.25, 0.3) is 0 Å². The number of nitrogens with zero attached hydrogens (tertiary/aromatic N) is 1. The van der Waals surface area contributed by atoms with Crippen LogP contribution >= 0.6 is 0 Å². The quantitative estimate of drug-likeness (QED) is 0.841. The number of aliphatic imine (C=N–C) groups is 1. The summed E-state index contributed by atoms with van der Waals surface area (Å²) in [5.74, 6) is 0.180. The van der Waals surface area contributed by atoms with Crippen LogP contribution in [0.1, 0.15) is 18.4 Å². The molecule has 114 valence electrons. The molecule has 0 unspecified atom stereocenters. The van der Waals surface area contributed by atoms with Gasteiger partial charge >= 0.3 is 0 Å². The van der Waals surface area contributed by atoms with Crippen molar-refractivity contribution in [2.24, 2.45) is 4.99 Å². The molecule has 0 fully saturated rings. The van der Waals surface area contributed by atoms with Crippen LogP contribution in [0, 0.1) is 0 Å². The zero-order chi connectivity index (χ0) is 15.4. The van der Waals surface area contributed by atoms with Crippen LogP contribution in [0.15, 0.2) is 58.2 Å². The van der Waals surface area contributed by atoms with Crippen molar-refractivity contribution in [3.63, 3.8) is 0 Å². The molecule has 1 aromatic carbocycles. The first-order chi connectivity index (χ1) is 10.8. The molecule has 1 atom stereocenters. The summed E-state index contributed by atoms with van der Waals surface area (Å²) in [6.07, 6.45) is 5.63. The van der Waals surface area contributed by atoms with Crippen LogP contribution in [0.4, 0.5) is 0 Å². The second-order valence-corrected chi connectivity index (χ2v) is 5.65. The predicted octanol–water partition coefficient (Wildman–Crippen LogP) is 1.81. The summed E-state index contributed by atoms with van der Waals surface area (Å²) in [6.45, 7) is 0.706. The molecule has 1 aromatic rings. The van der Waals surface area contributed by atoms with Gasteiger partial charge in [-0.25, -0.2) is 0 Å². The van der Waals surface area contributed by atoms with Gasteiger partial charge in [0.15, 0.2) is 5.78 Å². The molecule has 3 rings (SSSR count). The number of ketones is 1. The molecule has 2 N–H and O–H groups in total. The minimum atomic E-state index is -0.00350. The third-order valence-corrected chi connectivity index (χ3v) is 4.10. The number of hydrogen-bond acceptors (Lipinski definition) is 4. The van der Waals surface area contributed by atoms with E-state index in [1.807, 2.05) is 18.2 Å². The van der Waals surface area contributed by atoms with Crippen molar-refractivity contribution in [2.45, 2.75) is 25.3 Å². The summed E-state index contributed by atoms with van der Waals surface area (Å²) >= 11 is 0. The fourth-order valence-electron chi connectivity index (χ4n) is 2.87. The number of aliphatic hydroxyl groups is 1. The first-order valence-electron chi connectivity index (χ1n) is 7.64. The monoisotopic (exact) mass is 296 g/mol. The summed E-state index contributed by atoms with van der Waals surface area (Å²) < 4.78 is 0. The highest BCUT2D eigenvalue weighted by molar-refractivity contribution is 6.07. The molecule has 0 spiro atoms. The van der Waals surface area contributed by atoms with Crippen LogP contribution in [0.2, 0.25) is 0 Å². The van der Waals surface area contributed by atoms with E-state index in [4.69, 9.17) is 0 Å². The first-order valence-corrected chi connectivity index (χ1v) is 7.64. The Balaban J connectivity index is 1.60. The third-order valence-electron chi connectivity index (χ3n) is 4.10. The topological polar surface area (TPSA) is 61.7 Å². The lowest BCUT2D eigenvalue weighted by Gasteiger charge is -2.18. The van der Waals surface area contributed by atoms with Crippen molar-refractivity contribution >= 4 is 12.0 Å². The van der Waals surface area contributed by atoms with E-state index in [1.54, 1.807) is 6.21 Å². The number of allylic oxidation sites excluding steroid dienone is 2. The van der Waals surface area contributed by atoms with Crippen molar-refractivity contribution in [3.05, 3.63) is 58.8 Å². The maximum atomic E-state index is 11.8. The Bertz CT molecular complexity index is 644. The Labute approximate surface area is 130 Å². The van der Waals surface area contributed by atoms with Gasteiger partial charge in [0, 0.05) is 30.8 Å². The van der Waals surface area contributed by atoms with Crippen molar-refractivity contribution in [2.75, 3.05) is 13.2 Å². The number of aliphatic hydroxyl groups excluding tert-OH is 1. The van der Waals surface area contributed by atoms with Crippen LogP contribution < -0.4 is 5.32 Å². The maximum Gasteiger partial charge on any atom is 0.166 e. The molecule has 0 aromatic heterocycles. The number of carbonyl (C=O) groups excluding carboxylic acids is 1. The molecule has 2 aliphatic rings. The van der Waals surface area contributed by atoms with Crippen molar-refractivity contribution < 1.29 is 9.90 Å². The van der Waals surface area contributed by atoms with Gasteiger partial charge in [-0.15, -0.1) is 0 Å². The van der Waals surface area contributed by atoms with Crippen molar-refractivity contribution in [3.8, 4) is 0 Å². The van der Waals surface area contributed by atoms with Gasteiger partial charge in [-0.05, 0) is 24.0 Å². The summed E-state index contributed by atoms with van der Waals surface area (Å²) in [5, 5.41) is 12.9. The maximum absolute atomic E-state index is 11.8. The minimum absolute atomic E-state index is 0.00350. The number of hydrogen-bond donors (Lipinski definition) is 2. The normalized spacial score (nSPS) is 18.4. The first kappa shape index (κ1) is 14.9. The van der Waals surface area contributed by atoms with Crippen LogP contribution in [0.5, 0.6) is 0 Å². The molecule has 4 heteroatoms. The second-order valence-electron chi connectivity index (χ2n) is 5.65. The average Bonchev–Trinajstić information content (AvgIpc) is 2.97. The number of nitrogens with one attached hydrogen (secondary N) is 1. The molecule has 1 aliphatic carbocycles. The van der Waals surface area contributed by atoms with Crippen LogP contribution in [0.3, 0.4) is 0 Å². The lowest BCUT2D eigenvalue weighted by atomic mass is 10.0. The Morgan fingerprint density at radius 1 is 1.23 bits per heavy atom. The summed E-state index contributed by atoms with van der Waals surface area (Å²) in [6, 6.07) is 10.1. The fraction of sp³-hybridized carbons (Fsp3) is 0.333. The largest absolute Gasteiger partial charge is 0.395 e. The standard InChI is InChI=1S/C18H20N2O2/c21-12-15(10-13-4-2-1-3-5-13)20-11-14-6-7-16-17(22)8-9-19-18(14)16/h1-6,9,15,20-21H,7-8,10-12H2/t15-/m0/s1. The van der Waals surface area contributed by atoms with E-state index >= 15 is 0 Å². The lowest BCUT2D eigenvalue weighted by Crippen LogP contribution is -2.36. The molecule has 22 heavy (non-hydrogen) atoms. The van der Waals surface area contributed by atoms with E-state index in [0.29, 0.717) is 19.4 Å². The van der Waals surface area contributed by atoms with Crippen molar-refractivity contribution in [1.82, 2.24) is 5.32 Å². The molecular formula is C18H20N2O2. The highest BCUT2D eigenvalue weighted by atomic mass is 16.3. The molecule has 0 bridgehead atoms. The Morgan fingerprint density at radius 2 is 2.05 bits per heavy atom. The van der Waals surface area contributed by atoms with E-state index in [1.165, 1.54) is 5.56 Å². The Morgan fingerprint density at radius 3 is 2.82 bits per heavy atom. The van der Waals surface area contributed by atoms with E-state index in [9.17, 15) is 9.90 Å². The van der Waals surface area contributed by atoms with Crippen LogP contribution in [-0.2, 0) is 11.2 Å². The Hall–Kier alpha value is -2.04. The minimum Gasteiger partial charge on any atom is -0.395 e. The average molecular weight is 296 g/mol. The summed E-state index contributed by atoms with van der Waals surface area (Å²) in [7, 11) is 0. The van der Waals surface area contributed by atoms with E-state index in [2.05, 4.69) is 28.5 Å². The number of benzene rings is 1. The smallest absolute Gasteiger partial charge is 0.166 e. The molecule has 0 saturated carbocycles. The van der Waals surface area contributed by atoms with Gasteiger partial charge < -0.3 is 10.4 Å². The second kappa shape index (κ2) is 6.81. The van der Waals surface area contributed by atoms with Gasteiger partial charge in [-0.1, -0.05) is 36.4 Å². The van der Waals surface area contributed by atoms with Crippen LogP contribution in [0.25, 0.3) is 0 Å². The zero-order valence-corrected chi connectivity index (χ0v) is 12.5. The fourth-order valence-corrected chi connectivity index (χ4v) is 2.87. The van der Waals surface area contributed by atoms with E-state index < -0.39 is 0 Å². The Kier molecular flexibility index (Phi) is 4.61. The summed E-state index contributed by atoms with van der Waals surface area (Å²) in [4.78, 5) is 16.2. The molecule has 1 aliphatic heterocycles. The summed E-state index contributed by atoms with van der Waals surface area (Å²) in [5.41, 5.74) is 3.93. The highest BCUT2D eigenvalue weighted by Gasteiger charge is 2.24. The van der Waals surface area contributed by atoms with Crippen molar-refractivity contribution in [1.29, 1.82) is 0 Å². The zero-order valence-electron chi connectivity index (χ0n) is 12.5. The molecule has 0 amide bonds. The molecular weight excluding hydrogens is 276 g/mol. The SMILES string of the molecule is O=C1CC=NC2=C1CC=C2CN[C@H](CO)Cc1ccccc1. The lowest BCUT2D eigenvalue weighted by molar-refractivity contribution is -0.114. The number of Topliss-reactive ketones (excluding diaryl/α,β-unsaturated/α-hetero) is 1. The van der Waals surface area contributed by atoms with E-state index in [-0.39, 0.29) is 18.4 Å². The van der Waals surface area contributed by atoms with Crippen LogP contribution in [-0.4, -0.2) is 36.3 Å². The van der Waals surface area contributed by atoms with Gasteiger partial charge in [-0.2, -0.15) is 0 Å². The predicted molar refractivity (Wildman–Crippen MR) is 86.9 cm³/mol. The molecule has 1 heterocycles. The van der Waals surface area contributed by atoms with E-state index in [0.717, 1.165) is 23.3 Å². The van der Waals surface area contributed by atoms with Gasteiger partial charge in [0.05, 0.1) is 12.3 Å². The molecule has 0 radical (unpaired) electrons. The molecule has 4 nitrogen and oxygen atoms in total.